The summed E-state index contributed by atoms with van der Waals surface area (Å²) in [6.07, 6.45) is 0.563. The molecule has 86 valence electrons. The summed E-state index contributed by atoms with van der Waals surface area (Å²) >= 11 is 0. The predicted octanol–water partition coefficient (Wildman–Crippen LogP) is -0.368. The number of hydrogen-bond acceptors (Lipinski definition) is 5. The SMILES string of the molecule is CC(CN(C)C)S(=O)(=O)OCCCN. The van der Waals surface area contributed by atoms with Crippen LogP contribution in [-0.2, 0) is 14.3 Å². The van der Waals surface area contributed by atoms with Gasteiger partial charge in [0.2, 0.25) is 0 Å². The van der Waals surface area contributed by atoms with Crippen LogP contribution >= 0.6 is 0 Å². The van der Waals surface area contributed by atoms with Crippen LogP contribution in [0.2, 0.25) is 0 Å². The third kappa shape index (κ3) is 5.54. The van der Waals surface area contributed by atoms with E-state index >= 15 is 0 Å². The van der Waals surface area contributed by atoms with Crippen molar-refractivity contribution in [2.45, 2.75) is 18.6 Å². The van der Waals surface area contributed by atoms with Crippen LogP contribution < -0.4 is 5.73 Å². The molecular weight excluding hydrogens is 204 g/mol. The predicted molar refractivity (Wildman–Crippen MR) is 56.6 cm³/mol. The van der Waals surface area contributed by atoms with Crippen LogP contribution in [-0.4, -0.2) is 52.4 Å². The molecule has 0 heterocycles. The lowest BCUT2D eigenvalue weighted by molar-refractivity contribution is 0.300. The monoisotopic (exact) mass is 224 g/mol. The van der Waals surface area contributed by atoms with Gasteiger partial charge in [-0.05, 0) is 34.0 Å². The van der Waals surface area contributed by atoms with Crippen molar-refractivity contribution in [3.63, 3.8) is 0 Å². The molecule has 0 aliphatic carbocycles. The first-order valence-corrected chi connectivity index (χ1v) is 6.10. The van der Waals surface area contributed by atoms with Gasteiger partial charge in [-0.1, -0.05) is 0 Å². The Morgan fingerprint density at radius 3 is 2.43 bits per heavy atom. The summed E-state index contributed by atoms with van der Waals surface area (Å²) in [5.74, 6) is 0. The summed E-state index contributed by atoms with van der Waals surface area (Å²) in [5, 5.41) is -0.504. The zero-order chi connectivity index (χ0) is 11.2. The van der Waals surface area contributed by atoms with Crippen molar-refractivity contribution < 1.29 is 12.6 Å². The van der Waals surface area contributed by atoms with E-state index in [0.29, 0.717) is 19.5 Å². The van der Waals surface area contributed by atoms with Gasteiger partial charge in [-0.25, -0.2) is 0 Å². The highest BCUT2D eigenvalue weighted by molar-refractivity contribution is 7.87. The van der Waals surface area contributed by atoms with E-state index in [1.54, 1.807) is 6.92 Å². The second-order valence-corrected chi connectivity index (χ2v) is 5.56. The first-order chi connectivity index (χ1) is 6.40. The van der Waals surface area contributed by atoms with Gasteiger partial charge >= 0.3 is 0 Å². The zero-order valence-corrected chi connectivity index (χ0v) is 9.88. The lowest BCUT2D eigenvalue weighted by Gasteiger charge is -2.16. The maximum absolute atomic E-state index is 11.5. The second-order valence-electron chi connectivity index (χ2n) is 3.53. The van der Waals surface area contributed by atoms with E-state index in [1.165, 1.54) is 0 Å². The lowest BCUT2D eigenvalue weighted by atomic mass is 10.4. The molecule has 1 unspecified atom stereocenters. The van der Waals surface area contributed by atoms with Crippen molar-refractivity contribution in [2.75, 3.05) is 33.8 Å². The van der Waals surface area contributed by atoms with Crippen molar-refractivity contribution in [3.8, 4) is 0 Å². The standard InChI is InChI=1S/C8H20N2O3S/c1-8(7-10(2)3)14(11,12)13-6-4-5-9/h8H,4-7,9H2,1-3H3. The van der Waals surface area contributed by atoms with E-state index < -0.39 is 15.4 Å². The summed E-state index contributed by atoms with van der Waals surface area (Å²) in [6.45, 7) is 2.72. The van der Waals surface area contributed by atoms with E-state index in [0.717, 1.165) is 0 Å². The Hall–Kier alpha value is -0.170. The molecule has 0 fully saturated rings. The molecule has 0 aliphatic heterocycles. The van der Waals surface area contributed by atoms with E-state index in [9.17, 15) is 8.42 Å². The molecule has 0 saturated carbocycles. The topological polar surface area (TPSA) is 72.6 Å². The fourth-order valence-corrected chi connectivity index (χ4v) is 2.04. The fourth-order valence-electron chi connectivity index (χ4n) is 0.980. The van der Waals surface area contributed by atoms with Crippen molar-refractivity contribution in [2.24, 2.45) is 5.73 Å². The molecule has 0 aromatic rings. The largest absolute Gasteiger partial charge is 0.330 e. The molecule has 0 bridgehead atoms. The number of nitrogens with two attached hydrogens (primary N) is 1. The number of nitrogens with zero attached hydrogens (tertiary/aromatic N) is 1. The van der Waals surface area contributed by atoms with Gasteiger partial charge in [0.15, 0.2) is 0 Å². The molecule has 0 saturated heterocycles. The van der Waals surface area contributed by atoms with Crippen molar-refractivity contribution in [1.82, 2.24) is 4.90 Å². The van der Waals surface area contributed by atoms with Crippen LogP contribution in [0.25, 0.3) is 0 Å². The molecule has 0 amide bonds. The minimum atomic E-state index is -3.42. The van der Waals surface area contributed by atoms with Gasteiger partial charge in [-0.3, -0.25) is 4.18 Å². The van der Waals surface area contributed by atoms with Crippen LogP contribution in [0.1, 0.15) is 13.3 Å². The molecule has 1 atom stereocenters. The van der Waals surface area contributed by atoms with E-state index in [2.05, 4.69) is 0 Å². The summed E-state index contributed by atoms with van der Waals surface area (Å²) in [7, 11) is 0.226. The van der Waals surface area contributed by atoms with E-state index in [4.69, 9.17) is 9.92 Å². The highest BCUT2D eigenvalue weighted by Crippen LogP contribution is 2.05. The highest BCUT2D eigenvalue weighted by Gasteiger charge is 2.21. The Bertz CT molecular complexity index is 239. The summed E-state index contributed by atoms with van der Waals surface area (Å²) in [6, 6.07) is 0. The zero-order valence-electron chi connectivity index (χ0n) is 9.06. The van der Waals surface area contributed by atoms with Crippen LogP contribution in [0.15, 0.2) is 0 Å². The number of rotatable bonds is 7. The first kappa shape index (κ1) is 13.8. The van der Waals surface area contributed by atoms with Crippen molar-refractivity contribution in [1.29, 1.82) is 0 Å². The number of hydrogen-bond donors (Lipinski definition) is 1. The van der Waals surface area contributed by atoms with Crippen molar-refractivity contribution in [3.05, 3.63) is 0 Å². The minimum absolute atomic E-state index is 0.177. The molecule has 0 rings (SSSR count). The molecule has 5 nitrogen and oxygen atoms in total. The Kier molecular flexibility index (Phi) is 6.26. The van der Waals surface area contributed by atoms with Gasteiger partial charge < -0.3 is 10.6 Å². The average Bonchev–Trinajstić information content (AvgIpc) is 2.03. The molecular formula is C8H20N2O3S. The molecule has 6 heteroatoms. The van der Waals surface area contributed by atoms with Gasteiger partial charge in [0.25, 0.3) is 10.1 Å². The highest BCUT2D eigenvalue weighted by atomic mass is 32.2. The minimum Gasteiger partial charge on any atom is -0.330 e. The average molecular weight is 224 g/mol. The van der Waals surface area contributed by atoms with E-state index in [1.807, 2.05) is 19.0 Å². The third-order valence-corrected chi connectivity index (χ3v) is 3.34. The molecule has 2 N–H and O–H groups in total. The van der Waals surface area contributed by atoms with Gasteiger partial charge in [0, 0.05) is 6.54 Å². The third-order valence-electron chi connectivity index (χ3n) is 1.71. The summed E-state index contributed by atoms with van der Waals surface area (Å²) in [4.78, 5) is 1.81. The van der Waals surface area contributed by atoms with Crippen LogP contribution in [0.5, 0.6) is 0 Å². The molecule has 0 spiro atoms. The summed E-state index contributed by atoms with van der Waals surface area (Å²) < 4.78 is 27.7. The molecule has 0 radical (unpaired) electrons. The quantitative estimate of drug-likeness (QED) is 0.472. The Labute approximate surface area is 86.3 Å². The molecule has 0 aromatic heterocycles. The Balaban J connectivity index is 4.04. The van der Waals surface area contributed by atoms with Crippen molar-refractivity contribution >= 4 is 10.1 Å². The molecule has 0 aromatic carbocycles. The molecule has 14 heavy (non-hydrogen) atoms. The lowest BCUT2D eigenvalue weighted by Crippen LogP contribution is -2.32. The maximum atomic E-state index is 11.5. The Morgan fingerprint density at radius 2 is 2.00 bits per heavy atom. The fraction of sp³-hybridized carbons (Fsp3) is 1.00. The normalized spacial score (nSPS) is 14.6. The smallest absolute Gasteiger partial charge is 0.271 e. The van der Waals surface area contributed by atoms with Gasteiger partial charge in [0.05, 0.1) is 11.9 Å². The van der Waals surface area contributed by atoms with Gasteiger partial charge in [-0.15, -0.1) is 0 Å². The van der Waals surface area contributed by atoms with Crippen LogP contribution in [0.4, 0.5) is 0 Å². The maximum Gasteiger partial charge on any atom is 0.271 e. The van der Waals surface area contributed by atoms with Crippen LogP contribution in [0, 0.1) is 0 Å². The van der Waals surface area contributed by atoms with Gasteiger partial charge in [-0.2, -0.15) is 8.42 Å². The second kappa shape index (κ2) is 6.34. The Morgan fingerprint density at radius 1 is 1.43 bits per heavy atom. The van der Waals surface area contributed by atoms with Crippen LogP contribution in [0.3, 0.4) is 0 Å². The molecule has 0 aliphatic rings. The van der Waals surface area contributed by atoms with E-state index in [-0.39, 0.29) is 6.61 Å². The first-order valence-electron chi connectivity index (χ1n) is 4.63. The summed E-state index contributed by atoms with van der Waals surface area (Å²) in [5.41, 5.74) is 5.23. The van der Waals surface area contributed by atoms with Gasteiger partial charge in [0.1, 0.15) is 0 Å².